The molecular weight excluding hydrogens is 513 g/mol. The third-order valence-corrected chi connectivity index (χ3v) is 7.28. The number of carbonyl (C=O) groups is 1. The monoisotopic (exact) mass is 544 g/mol. The zero-order chi connectivity index (χ0) is 28.1. The van der Waals surface area contributed by atoms with Crippen molar-refractivity contribution >= 4 is 11.6 Å². The number of alkyl halides is 3. The average Bonchev–Trinajstić information content (AvgIpc) is 3.47. The second kappa shape index (κ2) is 12.0. The number of hydrogen-bond acceptors (Lipinski definition) is 4. The van der Waals surface area contributed by atoms with Crippen molar-refractivity contribution in [2.45, 2.75) is 38.8 Å². The number of aromatic nitrogens is 2. The highest BCUT2D eigenvalue weighted by Gasteiger charge is 2.30. The fourth-order valence-corrected chi connectivity index (χ4v) is 4.92. The molecule has 0 spiro atoms. The van der Waals surface area contributed by atoms with Gasteiger partial charge >= 0.3 is 6.18 Å². The molecule has 206 valence electrons. The molecule has 1 aromatic heterocycles. The highest BCUT2D eigenvalue weighted by molar-refractivity contribution is 6.04. The molecule has 0 unspecified atom stereocenters. The highest BCUT2D eigenvalue weighted by Crippen LogP contribution is 2.31. The Balaban J connectivity index is 1.26. The fourth-order valence-electron chi connectivity index (χ4n) is 4.92. The summed E-state index contributed by atoms with van der Waals surface area (Å²) in [5.41, 5.74) is 4.36. The van der Waals surface area contributed by atoms with Gasteiger partial charge in [-0.05, 0) is 98.4 Å². The molecule has 0 radical (unpaired) electrons. The number of likely N-dealkylation sites (tertiary alicyclic amines) is 1. The van der Waals surface area contributed by atoms with E-state index in [9.17, 15) is 18.0 Å². The summed E-state index contributed by atoms with van der Waals surface area (Å²) in [7, 11) is 0. The lowest BCUT2D eigenvalue weighted by molar-refractivity contribution is -0.137. The molecule has 0 saturated carbocycles. The van der Waals surface area contributed by atoms with Crippen molar-refractivity contribution in [1.29, 1.82) is 0 Å². The molecule has 1 N–H and O–H groups in total. The maximum atomic E-state index is 13.2. The Morgan fingerprint density at radius 2 is 1.75 bits per heavy atom. The molecule has 1 aliphatic heterocycles. The van der Waals surface area contributed by atoms with Gasteiger partial charge in [0.25, 0.3) is 5.91 Å². The summed E-state index contributed by atoms with van der Waals surface area (Å²) < 4.78 is 39.5. The lowest BCUT2D eigenvalue weighted by Crippen LogP contribution is -2.21. The molecule has 1 amide bonds. The van der Waals surface area contributed by atoms with Crippen molar-refractivity contribution in [1.82, 2.24) is 14.9 Å². The van der Waals surface area contributed by atoms with Crippen LogP contribution in [0.5, 0.6) is 0 Å². The van der Waals surface area contributed by atoms with Gasteiger partial charge in [-0.3, -0.25) is 4.79 Å². The molecule has 0 bridgehead atoms. The Kier molecular flexibility index (Phi) is 8.26. The van der Waals surface area contributed by atoms with Crippen molar-refractivity contribution in [3.63, 3.8) is 0 Å². The van der Waals surface area contributed by atoms with Crippen molar-refractivity contribution in [3.05, 3.63) is 113 Å². The Bertz CT molecular complexity index is 1480. The molecule has 0 aliphatic carbocycles. The van der Waals surface area contributed by atoms with Crippen molar-refractivity contribution < 1.29 is 18.0 Å². The van der Waals surface area contributed by atoms with E-state index in [1.54, 1.807) is 24.4 Å². The minimum absolute atomic E-state index is 0.218. The van der Waals surface area contributed by atoms with E-state index < -0.39 is 11.7 Å². The fraction of sp³-hybridized carbons (Fsp3) is 0.281. The molecule has 3 aromatic carbocycles. The lowest BCUT2D eigenvalue weighted by Gasteiger charge is -2.14. The first-order chi connectivity index (χ1) is 19.2. The number of nitrogens with one attached hydrogen (secondary N) is 1. The van der Waals surface area contributed by atoms with Gasteiger partial charge in [0.1, 0.15) is 5.82 Å². The van der Waals surface area contributed by atoms with Crippen LogP contribution in [0.4, 0.5) is 18.9 Å². The Morgan fingerprint density at radius 3 is 2.50 bits per heavy atom. The minimum atomic E-state index is -4.43. The first-order valence-electron chi connectivity index (χ1n) is 13.5. The van der Waals surface area contributed by atoms with Gasteiger partial charge < -0.3 is 10.2 Å². The molecule has 8 heteroatoms. The number of hydrogen-bond donors (Lipinski definition) is 1. The van der Waals surface area contributed by atoms with Gasteiger partial charge in [0.15, 0.2) is 0 Å². The van der Waals surface area contributed by atoms with Crippen LogP contribution in [0.25, 0.3) is 11.3 Å². The van der Waals surface area contributed by atoms with Crippen LogP contribution in [0.1, 0.15) is 51.3 Å². The van der Waals surface area contributed by atoms with Crippen molar-refractivity contribution in [2.75, 3.05) is 25.0 Å². The molecule has 2 heterocycles. The van der Waals surface area contributed by atoms with Crippen LogP contribution in [-0.4, -0.2) is 40.4 Å². The van der Waals surface area contributed by atoms with E-state index in [1.807, 2.05) is 31.2 Å². The summed E-state index contributed by atoms with van der Waals surface area (Å²) in [6.07, 6.45) is 1.01. The molecule has 0 atom stereocenters. The van der Waals surface area contributed by atoms with Gasteiger partial charge in [-0.1, -0.05) is 30.3 Å². The number of carbonyl (C=O) groups excluding carboxylic acids is 1. The van der Waals surface area contributed by atoms with Gasteiger partial charge in [-0.15, -0.1) is 0 Å². The second-order valence-electron chi connectivity index (χ2n) is 10.2. The van der Waals surface area contributed by atoms with Crippen LogP contribution in [0.2, 0.25) is 0 Å². The lowest BCUT2D eigenvalue weighted by atomic mass is 10.0. The quantitative estimate of drug-likeness (QED) is 0.261. The van der Waals surface area contributed by atoms with Crippen LogP contribution in [0.15, 0.2) is 79.0 Å². The Labute approximate surface area is 232 Å². The van der Waals surface area contributed by atoms with Gasteiger partial charge in [0, 0.05) is 36.0 Å². The number of anilines is 1. The summed E-state index contributed by atoms with van der Waals surface area (Å²) in [4.78, 5) is 24.3. The van der Waals surface area contributed by atoms with E-state index in [1.165, 1.54) is 37.6 Å². The van der Waals surface area contributed by atoms with E-state index in [0.717, 1.165) is 41.9 Å². The third kappa shape index (κ3) is 6.93. The van der Waals surface area contributed by atoms with Gasteiger partial charge in [-0.2, -0.15) is 13.2 Å². The summed E-state index contributed by atoms with van der Waals surface area (Å²) in [5, 5.41) is 2.97. The molecule has 40 heavy (non-hydrogen) atoms. The maximum absolute atomic E-state index is 13.2. The molecular formula is C32H31F3N4O. The highest BCUT2D eigenvalue weighted by atomic mass is 19.4. The number of nitrogens with zero attached hydrogens (tertiary/aromatic N) is 3. The van der Waals surface area contributed by atoms with E-state index in [-0.39, 0.29) is 5.91 Å². The van der Waals surface area contributed by atoms with Crippen molar-refractivity contribution in [3.8, 4) is 11.3 Å². The molecule has 1 aliphatic rings. The molecule has 1 fully saturated rings. The van der Waals surface area contributed by atoms with Crippen LogP contribution in [0, 0.1) is 6.92 Å². The van der Waals surface area contributed by atoms with Gasteiger partial charge in [0.2, 0.25) is 0 Å². The van der Waals surface area contributed by atoms with E-state index in [4.69, 9.17) is 0 Å². The number of halogens is 3. The topological polar surface area (TPSA) is 58.1 Å². The molecule has 5 rings (SSSR count). The number of benzene rings is 3. The minimum Gasteiger partial charge on any atom is -0.322 e. The van der Waals surface area contributed by atoms with Crippen LogP contribution in [0.3, 0.4) is 0 Å². The normalized spacial score (nSPS) is 13.9. The molecule has 4 aromatic rings. The summed E-state index contributed by atoms with van der Waals surface area (Å²) in [5.74, 6) is 0.241. The Morgan fingerprint density at radius 1 is 0.975 bits per heavy atom. The van der Waals surface area contributed by atoms with Crippen molar-refractivity contribution in [2.24, 2.45) is 0 Å². The average molecular weight is 545 g/mol. The predicted octanol–water partition coefficient (Wildman–Crippen LogP) is 6.95. The first-order valence-corrected chi connectivity index (χ1v) is 13.5. The second-order valence-corrected chi connectivity index (χ2v) is 10.2. The summed E-state index contributed by atoms with van der Waals surface area (Å²) in [6, 6.07) is 20.1. The number of aryl methyl sites for hydroxylation is 1. The van der Waals surface area contributed by atoms with E-state index in [0.29, 0.717) is 29.1 Å². The standard InChI is InChI=1S/C32H31F3N4O/c1-22-7-10-25(31(40)37-28-11-8-23(9-12-28)14-18-39-16-2-3-17-39)19-26(22)21-30-36-15-13-29(38-30)24-5-4-6-27(20-24)32(33,34)35/h4-13,15,19-20H,2-3,14,16-18,21H2,1H3,(H,37,40). The first kappa shape index (κ1) is 27.5. The SMILES string of the molecule is Cc1ccc(C(=O)Nc2ccc(CCN3CCCC3)cc2)cc1Cc1nccc(-c2cccc(C(F)(F)F)c2)n1. The Hall–Kier alpha value is -4.04. The molecule has 1 saturated heterocycles. The predicted molar refractivity (Wildman–Crippen MR) is 150 cm³/mol. The number of rotatable bonds is 8. The van der Waals surface area contributed by atoms with Crippen LogP contribution in [-0.2, 0) is 19.0 Å². The largest absolute Gasteiger partial charge is 0.416 e. The smallest absolute Gasteiger partial charge is 0.322 e. The summed E-state index contributed by atoms with van der Waals surface area (Å²) in [6.45, 7) is 5.36. The van der Waals surface area contributed by atoms with Crippen LogP contribution < -0.4 is 5.32 Å². The zero-order valence-electron chi connectivity index (χ0n) is 22.3. The maximum Gasteiger partial charge on any atom is 0.416 e. The zero-order valence-corrected chi connectivity index (χ0v) is 22.3. The number of amides is 1. The van der Waals surface area contributed by atoms with E-state index >= 15 is 0 Å². The van der Waals surface area contributed by atoms with Gasteiger partial charge in [0.05, 0.1) is 11.3 Å². The molecule has 5 nitrogen and oxygen atoms in total. The van der Waals surface area contributed by atoms with E-state index in [2.05, 4.69) is 32.3 Å². The van der Waals surface area contributed by atoms with Crippen LogP contribution >= 0.6 is 0 Å². The summed E-state index contributed by atoms with van der Waals surface area (Å²) >= 11 is 0. The van der Waals surface area contributed by atoms with Gasteiger partial charge in [-0.25, -0.2) is 9.97 Å². The third-order valence-electron chi connectivity index (χ3n) is 7.28.